The fourth-order valence-corrected chi connectivity index (χ4v) is 0.962. The van der Waals surface area contributed by atoms with Crippen LogP contribution in [0.3, 0.4) is 0 Å². The van der Waals surface area contributed by atoms with E-state index < -0.39 is 0 Å². The van der Waals surface area contributed by atoms with Gasteiger partial charge in [-0.25, -0.2) is 4.39 Å². The first kappa shape index (κ1) is 8.72. The molecule has 0 heterocycles. The van der Waals surface area contributed by atoms with Gasteiger partial charge >= 0.3 is 0 Å². The number of allylic oxidation sites excluding steroid dienone is 2. The predicted molar refractivity (Wildman–Crippen MR) is 50.5 cm³/mol. The van der Waals surface area contributed by atoms with Crippen LogP contribution < -0.4 is 10.4 Å². The summed E-state index contributed by atoms with van der Waals surface area (Å²) in [5, 5.41) is 1.52. The van der Waals surface area contributed by atoms with Crippen LogP contribution in [0.25, 0.3) is 12.4 Å². The summed E-state index contributed by atoms with van der Waals surface area (Å²) in [6.07, 6.45) is 6.30. The van der Waals surface area contributed by atoms with Gasteiger partial charge < -0.3 is 0 Å². The van der Waals surface area contributed by atoms with Gasteiger partial charge in [-0.15, -0.1) is 0 Å². The molecule has 0 atom stereocenters. The Morgan fingerprint density at radius 3 is 2.42 bits per heavy atom. The normalized spacial score (nSPS) is 14.5. The molecule has 1 heteroatoms. The van der Waals surface area contributed by atoms with Crippen LogP contribution in [0.2, 0.25) is 0 Å². The lowest BCUT2D eigenvalue weighted by atomic mass is 10.2. The van der Waals surface area contributed by atoms with Crippen molar-refractivity contribution in [3.63, 3.8) is 0 Å². The van der Waals surface area contributed by atoms with Gasteiger partial charge in [0.2, 0.25) is 0 Å². The first-order valence-electron chi connectivity index (χ1n) is 3.87. The molecular formula is C11H11F. The SMILES string of the molecule is C\C=C/C=c1/cccc/c1=C\F. The third-order valence-corrected chi connectivity index (χ3v) is 1.58. The van der Waals surface area contributed by atoms with Crippen LogP contribution in [-0.4, -0.2) is 0 Å². The molecule has 62 valence electrons. The van der Waals surface area contributed by atoms with Crippen LogP contribution in [0.5, 0.6) is 0 Å². The zero-order valence-electron chi connectivity index (χ0n) is 7.00. The Hall–Kier alpha value is -1.37. The van der Waals surface area contributed by atoms with Crippen molar-refractivity contribution in [1.82, 2.24) is 0 Å². The van der Waals surface area contributed by atoms with Gasteiger partial charge in [0.05, 0.1) is 6.33 Å². The molecule has 0 saturated heterocycles. The molecular weight excluding hydrogens is 151 g/mol. The number of benzene rings is 1. The predicted octanol–water partition coefficient (Wildman–Crippen LogP) is 1.75. The Kier molecular flexibility index (Phi) is 3.27. The molecule has 0 bridgehead atoms. The molecule has 1 rings (SSSR count). The van der Waals surface area contributed by atoms with E-state index in [-0.39, 0.29) is 0 Å². The van der Waals surface area contributed by atoms with Crippen molar-refractivity contribution in [3.8, 4) is 0 Å². The molecule has 0 fully saturated rings. The first-order chi connectivity index (χ1) is 5.88. The monoisotopic (exact) mass is 162 g/mol. The zero-order chi connectivity index (χ0) is 8.81. The molecule has 0 aliphatic carbocycles. The molecule has 0 nitrogen and oxygen atoms in total. The fraction of sp³-hybridized carbons (Fsp3) is 0.0909. The van der Waals surface area contributed by atoms with Crippen molar-refractivity contribution in [3.05, 3.63) is 46.9 Å². The van der Waals surface area contributed by atoms with E-state index in [4.69, 9.17) is 0 Å². The summed E-state index contributed by atoms with van der Waals surface area (Å²) in [6, 6.07) is 7.33. The van der Waals surface area contributed by atoms with Gasteiger partial charge in [0.15, 0.2) is 0 Å². The van der Waals surface area contributed by atoms with Crippen LogP contribution in [0.1, 0.15) is 6.92 Å². The summed E-state index contributed by atoms with van der Waals surface area (Å²) in [5.74, 6) is 0. The van der Waals surface area contributed by atoms with Gasteiger partial charge in [-0.2, -0.15) is 0 Å². The molecule has 0 radical (unpaired) electrons. The van der Waals surface area contributed by atoms with Crippen molar-refractivity contribution in [2.75, 3.05) is 0 Å². The number of halogens is 1. The Morgan fingerprint density at radius 1 is 1.17 bits per heavy atom. The molecule has 0 aromatic heterocycles. The smallest absolute Gasteiger partial charge is 0.0945 e. The molecule has 0 N–H and O–H groups in total. The summed E-state index contributed by atoms with van der Waals surface area (Å²) in [5.41, 5.74) is 0. The van der Waals surface area contributed by atoms with Crippen LogP contribution in [0.4, 0.5) is 4.39 Å². The number of hydrogen-bond donors (Lipinski definition) is 0. The molecule has 0 aliphatic rings. The van der Waals surface area contributed by atoms with Gasteiger partial charge in [0.1, 0.15) is 0 Å². The Bertz CT molecular complexity index is 374. The Morgan fingerprint density at radius 2 is 1.83 bits per heavy atom. The highest BCUT2D eigenvalue weighted by molar-refractivity contribution is 5.38. The van der Waals surface area contributed by atoms with E-state index in [9.17, 15) is 4.39 Å². The Balaban J connectivity index is 3.33. The van der Waals surface area contributed by atoms with Crippen molar-refractivity contribution < 1.29 is 4.39 Å². The third-order valence-electron chi connectivity index (χ3n) is 1.58. The van der Waals surface area contributed by atoms with Crippen molar-refractivity contribution in [2.24, 2.45) is 0 Å². The number of rotatable bonds is 1. The highest BCUT2D eigenvalue weighted by Crippen LogP contribution is 1.75. The van der Waals surface area contributed by atoms with Gasteiger partial charge in [0.25, 0.3) is 0 Å². The van der Waals surface area contributed by atoms with Gasteiger partial charge in [0, 0.05) is 5.22 Å². The lowest BCUT2D eigenvalue weighted by Crippen LogP contribution is -2.22. The average molecular weight is 162 g/mol. The van der Waals surface area contributed by atoms with E-state index in [1.165, 1.54) is 0 Å². The molecule has 0 unspecified atom stereocenters. The molecule has 0 saturated carbocycles. The summed E-state index contributed by atoms with van der Waals surface area (Å²) in [7, 11) is 0. The van der Waals surface area contributed by atoms with Gasteiger partial charge in [-0.1, -0.05) is 42.5 Å². The number of hydrogen-bond acceptors (Lipinski definition) is 0. The third kappa shape index (κ3) is 2.06. The van der Waals surface area contributed by atoms with Crippen molar-refractivity contribution in [2.45, 2.75) is 6.92 Å². The lowest BCUT2D eigenvalue weighted by Gasteiger charge is -1.85. The lowest BCUT2D eigenvalue weighted by molar-refractivity contribution is 0.797. The highest BCUT2D eigenvalue weighted by Gasteiger charge is 1.80. The minimum absolute atomic E-state index is 0.620. The summed E-state index contributed by atoms with van der Waals surface area (Å²) in [6.45, 7) is 1.93. The maximum Gasteiger partial charge on any atom is 0.0945 e. The molecule has 0 amide bonds. The molecule has 0 spiro atoms. The summed E-state index contributed by atoms with van der Waals surface area (Å²) >= 11 is 0. The molecule has 12 heavy (non-hydrogen) atoms. The molecule has 0 aliphatic heterocycles. The van der Waals surface area contributed by atoms with E-state index in [1.807, 2.05) is 43.4 Å². The van der Waals surface area contributed by atoms with E-state index >= 15 is 0 Å². The van der Waals surface area contributed by atoms with E-state index in [0.717, 1.165) is 5.22 Å². The van der Waals surface area contributed by atoms with E-state index in [2.05, 4.69) is 0 Å². The van der Waals surface area contributed by atoms with Crippen LogP contribution in [0, 0.1) is 0 Å². The quantitative estimate of drug-likeness (QED) is 0.590. The Labute approximate surface area is 71.4 Å². The van der Waals surface area contributed by atoms with Crippen molar-refractivity contribution >= 4 is 12.4 Å². The van der Waals surface area contributed by atoms with E-state index in [1.54, 1.807) is 6.07 Å². The van der Waals surface area contributed by atoms with Crippen LogP contribution >= 0.6 is 0 Å². The maximum atomic E-state index is 12.2. The minimum Gasteiger partial charge on any atom is -0.215 e. The standard InChI is InChI=1S/C11H11F/c1-2-3-6-10-7-4-5-8-11(10)9-12/h2-9H,1H3/b3-2-,10-6-,11-9+. The first-order valence-corrected chi connectivity index (χ1v) is 3.87. The molecule has 1 aromatic rings. The van der Waals surface area contributed by atoms with Gasteiger partial charge in [-0.3, -0.25) is 0 Å². The second-order valence-corrected chi connectivity index (χ2v) is 2.43. The summed E-state index contributed by atoms with van der Waals surface area (Å²) < 4.78 is 12.2. The minimum atomic E-state index is 0.620. The second-order valence-electron chi connectivity index (χ2n) is 2.43. The van der Waals surface area contributed by atoms with Gasteiger partial charge in [-0.05, 0) is 12.1 Å². The second kappa shape index (κ2) is 4.50. The van der Waals surface area contributed by atoms with Crippen LogP contribution in [-0.2, 0) is 0 Å². The highest BCUT2D eigenvalue weighted by atomic mass is 19.1. The topological polar surface area (TPSA) is 0 Å². The van der Waals surface area contributed by atoms with Crippen LogP contribution in [0.15, 0.2) is 36.4 Å². The largest absolute Gasteiger partial charge is 0.215 e. The fourth-order valence-electron chi connectivity index (χ4n) is 0.962. The van der Waals surface area contributed by atoms with E-state index in [0.29, 0.717) is 11.5 Å². The van der Waals surface area contributed by atoms with Crippen molar-refractivity contribution in [1.29, 1.82) is 0 Å². The summed E-state index contributed by atoms with van der Waals surface area (Å²) in [4.78, 5) is 0. The average Bonchev–Trinajstić information content (AvgIpc) is 2.15. The maximum absolute atomic E-state index is 12.2. The zero-order valence-corrected chi connectivity index (χ0v) is 7.00. The molecule has 1 aromatic carbocycles.